The fourth-order valence-corrected chi connectivity index (χ4v) is 3.37. The van der Waals surface area contributed by atoms with Crippen molar-refractivity contribution in [1.29, 1.82) is 5.26 Å². The summed E-state index contributed by atoms with van der Waals surface area (Å²) in [5.74, 6) is 0.139. The molecular formula is C16H16N6O. The second-order valence-electron chi connectivity index (χ2n) is 5.97. The molecule has 23 heavy (non-hydrogen) atoms. The normalized spacial score (nSPS) is 22.3. The molecule has 3 aromatic heterocycles. The van der Waals surface area contributed by atoms with Crippen molar-refractivity contribution in [3.05, 3.63) is 31.0 Å². The molecule has 1 unspecified atom stereocenters. The zero-order valence-corrected chi connectivity index (χ0v) is 12.4. The van der Waals surface area contributed by atoms with Crippen LogP contribution in [0.25, 0.3) is 22.3 Å². The van der Waals surface area contributed by atoms with Gasteiger partial charge in [0.15, 0.2) is 0 Å². The number of nitrogens with one attached hydrogen (secondary N) is 1. The molecule has 3 heterocycles. The predicted octanol–water partition coefficient (Wildman–Crippen LogP) is 2.05. The Balaban J connectivity index is 1.69. The Morgan fingerprint density at radius 2 is 2.30 bits per heavy atom. The van der Waals surface area contributed by atoms with Gasteiger partial charge in [-0.3, -0.25) is 4.68 Å². The molecular weight excluding hydrogens is 292 g/mol. The number of fused-ring (bicyclic) bond motifs is 1. The second kappa shape index (κ2) is 5.48. The Labute approximate surface area is 132 Å². The van der Waals surface area contributed by atoms with E-state index in [4.69, 9.17) is 0 Å². The molecule has 1 aliphatic rings. The molecule has 7 nitrogen and oxygen atoms in total. The van der Waals surface area contributed by atoms with Crippen LogP contribution in [-0.4, -0.2) is 35.9 Å². The number of aromatic nitrogens is 5. The predicted molar refractivity (Wildman–Crippen MR) is 83.1 cm³/mol. The average molecular weight is 308 g/mol. The maximum absolute atomic E-state index is 9.71. The van der Waals surface area contributed by atoms with Crippen molar-refractivity contribution in [1.82, 2.24) is 24.7 Å². The summed E-state index contributed by atoms with van der Waals surface area (Å²) < 4.78 is 1.69. The van der Waals surface area contributed by atoms with Crippen molar-refractivity contribution in [3.63, 3.8) is 0 Å². The highest BCUT2D eigenvalue weighted by Crippen LogP contribution is 2.35. The quantitative estimate of drug-likeness (QED) is 0.770. The highest BCUT2D eigenvalue weighted by molar-refractivity contribution is 5.89. The van der Waals surface area contributed by atoms with Crippen LogP contribution in [-0.2, 0) is 0 Å². The third-order valence-corrected chi connectivity index (χ3v) is 4.54. The van der Waals surface area contributed by atoms with Gasteiger partial charge in [-0.2, -0.15) is 10.4 Å². The van der Waals surface area contributed by atoms with Crippen LogP contribution in [0.4, 0.5) is 0 Å². The zero-order valence-electron chi connectivity index (χ0n) is 12.4. The van der Waals surface area contributed by atoms with Crippen LogP contribution in [0, 0.1) is 17.2 Å². The van der Waals surface area contributed by atoms with E-state index in [-0.39, 0.29) is 18.1 Å². The third-order valence-electron chi connectivity index (χ3n) is 4.54. The third kappa shape index (κ3) is 2.37. The number of aromatic amines is 1. The van der Waals surface area contributed by atoms with Gasteiger partial charge < -0.3 is 10.1 Å². The van der Waals surface area contributed by atoms with Crippen LogP contribution in [0.1, 0.15) is 25.3 Å². The fourth-order valence-electron chi connectivity index (χ4n) is 3.37. The number of rotatable bonds is 3. The smallest absolute Gasteiger partial charge is 0.141 e. The Hall–Kier alpha value is -2.72. The van der Waals surface area contributed by atoms with Crippen molar-refractivity contribution < 1.29 is 5.11 Å². The van der Waals surface area contributed by atoms with Gasteiger partial charge in [-0.1, -0.05) is 0 Å². The Bertz CT molecular complexity index is 876. The summed E-state index contributed by atoms with van der Waals surface area (Å²) in [6, 6.07) is 3.90. The molecule has 3 aromatic rings. The first-order valence-electron chi connectivity index (χ1n) is 7.66. The van der Waals surface area contributed by atoms with E-state index in [1.165, 1.54) is 6.33 Å². The summed E-state index contributed by atoms with van der Waals surface area (Å²) in [4.78, 5) is 11.6. The molecule has 2 N–H and O–H groups in total. The van der Waals surface area contributed by atoms with E-state index in [9.17, 15) is 10.4 Å². The van der Waals surface area contributed by atoms with Crippen LogP contribution in [0.5, 0.6) is 0 Å². The molecule has 0 amide bonds. The van der Waals surface area contributed by atoms with Crippen LogP contribution in [0.15, 0.2) is 31.0 Å². The van der Waals surface area contributed by atoms with Gasteiger partial charge >= 0.3 is 0 Å². The SMILES string of the molecule is N#CC([C@@H]1CC[C@@H](O)C1)n1cc(-c2ncnc3[nH]ccc23)cn1. The molecule has 1 aliphatic carbocycles. The van der Waals surface area contributed by atoms with Gasteiger partial charge in [0.2, 0.25) is 0 Å². The van der Waals surface area contributed by atoms with Gasteiger partial charge in [0, 0.05) is 23.3 Å². The summed E-state index contributed by atoms with van der Waals surface area (Å²) in [5, 5.41) is 24.5. The molecule has 0 spiro atoms. The minimum Gasteiger partial charge on any atom is -0.393 e. The number of hydrogen-bond acceptors (Lipinski definition) is 5. The number of nitriles is 1. The Kier molecular flexibility index (Phi) is 3.32. The van der Waals surface area contributed by atoms with Crippen LogP contribution >= 0.6 is 0 Å². The van der Waals surface area contributed by atoms with Crippen molar-refractivity contribution in [2.24, 2.45) is 5.92 Å². The largest absolute Gasteiger partial charge is 0.393 e. The Morgan fingerprint density at radius 3 is 3.09 bits per heavy atom. The molecule has 0 aliphatic heterocycles. The maximum Gasteiger partial charge on any atom is 0.141 e. The van der Waals surface area contributed by atoms with E-state index >= 15 is 0 Å². The number of nitrogens with zero attached hydrogens (tertiary/aromatic N) is 5. The first-order chi connectivity index (χ1) is 11.3. The minimum atomic E-state index is -0.357. The molecule has 7 heteroatoms. The van der Waals surface area contributed by atoms with Gasteiger partial charge in [0.05, 0.1) is 24.1 Å². The van der Waals surface area contributed by atoms with E-state index in [1.807, 2.05) is 18.5 Å². The van der Waals surface area contributed by atoms with Gasteiger partial charge in [-0.05, 0) is 31.2 Å². The molecule has 3 atom stereocenters. The number of aliphatic hydroxyl groups is 1. The molecule has 0 bridgehead atoms. The van der Waals surface area contributed by atoms with Gasteiger partial charge in [0.25, 0.3) is 0 Å². The first-order valence-corrected chi connectivity index (χ1v) is 7.66. The van der Waals surface area contributed by atoms with E-state index in [0.29, 0.717) is 6.42 Å². The van der Waals surface area contributed by atoms with Crippen molar-refractivity contribution >= 4 is 11.0 Å². The second-order valence-corrected chi connectivity index (χ2v) is 5.97. The van der Waals surface area contributed by atoms with Crippen molar-refractivity contribution in [3.8, 4) is 17.3 Å². The molecule has 0 aromatic carbocycles. The van der Waals surface area contributed by atoms with Crippen molar-refractivity contribution in [2.45, 2.75) is 31.4 Å². The number of aliphatic hydroxyl groups excluding tert-OH is 1. The van der Waals surface area contributed by atoms with Crippen LogP contribution < -0.4 is 0 Å². The summed E-state index contributed by atoms with van der Waals surface area (Å²) in [6.45, 7) is 0. The lowest BCUT2D eigenvalue weighted by atomic mass is 9.99. The highest BCUT2D eigenvalue weighted by atomic mass is 16.3. The van der Waals surface area contributed by atoms with Crippen LogP contribution in [0.2, 0.25) is 0 Å². The molecule has 4 rings (SSSR count). The summed E-state index contributed by atoms with van der Waals surface area (Å²) >= 11 is 0. The van der Waals surface area contributed by atoms with Crippen LogP contribution in [0.3, 0.4) is 0 Å². The zero-order chi connectivity index (χ0) is 15.8. The molecule has 116 valence electrons. The van der Waals surface area contributed by atoms with Gasteiger partial charge in [-0.15, -0.1) is 0 Å². The molecule has 0 saturated heterocycles. The summed E-state index contributed by atoms with van der Waals surface area (Å²) in [5.41, 5.74) is 2.43. The standard InChI is InChI=1S/C16H16N6O/c17-6-14(10-1-2-12(23)5-10)22-8-11(7-21-22)15-13-3-4-18-16(13)20-9-19-15/h3-4,7-10,12,14,23H,1-2,5H2,(H,18,19,20)/t10-,12-,14?/m1/s1. The average Bonchev–Trinajstić information content (AvgIpc) is 3.28. The number of H-pyrrole nitrogens is 1. The highest BCUT2D eigenvalue weighted by Gasteiger charge is 2.31. The van der Waals surface area contributed by atoms with Gasteiger partial charge in [-0.25, -0.2) is 9.97 Å². The fraction of sp³-hybridized carbons (Fsp3) is 0.375. The monoisotopic (exact) mass is 308 g/mol. The molecule has 1 fully saturated rings. The maximum atomic E-state index is 9.71. The lowest BCUT2D eigenvalue weighted by Crippen LogP contribution is -2.17. The lowest BCUT2D eigenvalue weighted by molar-refractivity contribution is 0.173. The van der Waals surface area contributed by atoms with Gasteiger partial charge in [0.1, 0.15) is 18.0 Å². The number of hydrogen-bond donors (Lipinski definition) is 2. The van der Waals surface area contributed by atoms with E-state index in [2.05, 4.69) is 26.1 Å². The minimum absolute atomic E-state index is 0.139. The topological polar surface area (TPSA) is 103 Å². The Morgan fingerprint density at radius 1 is 1.39 bits per heavy atom. The van der Waals surface area contributed by atoms with E-state index < -0.39 is 0 Å². The van der Waals surface area contributed by atoms with Crippen molar-refractivity contribution in [2.75, 3.05) is 0 Å². The lowest BCUT2D eigenvalue weighted by Gasteiger charge is -2.16. The first kappa shape index (κ1) is 13.9. The molecule has 1 saturated carbocycles. The van der Waals surface area contributed by atoms with E-state index in [0.717, 1.165) is 35.1 Å². The summed E-state index contributed by atoms with van der Waals surface area (Å²) in [6.07, 6.45) is 8.89. The summed E-state index contributed by atoms with van der Waals surface area (Å²) in [7, 11) is 0. The molecule has 0 radical (unpaired) electrons. The van der Waals surface area contributed by atoms with E-state index in [1.54, 1.807) is 10.9 Å².